The summed E-state index contributed by atoms with van der Waals surface area (Å²) in [6, 6.07) is 5.25. The SMILES string of the molecule is Cc1ccc2c(c1)C(=O)N(CCCCCC(=O)O)C2=O. The molecule has 0 atom stereocenters. The Labute approximate surface area is 117 Å². The molecule has 0 bridgehead atoms. The van der Waals surface area contributed by atoms with Gasteiger partial charge in [-0.3, -0.25) is 19.3 Å². The summed E-state index contributed by atoms with van der Waals surface area (Å²) >= 11 is 0. The van der Waals surface area contributed by atoms with Gasteiger partial charge in [-0.15, -0.1) is 0 Å². The fourth-order valence-electron chi connectivity index (χ4n) is 2.33. The van der Waals surface area contributed by atoms with Crippen molar-refractivity contribution in [3.63, 3.8) is 0 Å². The van der Waals surface area contributed by atoms with Crippen molar-refractivity contribution >= 4 is 17.8 Å². The molecule has 1 heterocycles. The van der Waals surface area contributed by atoms with E-state index in [1.165, 1.54) is 4.90 Å². The molecular weight excluding hydrogens is 258 g/mol. The number of carboxylic acid groups (broad SMARTS) is 1. The zero-order valence-electron chi connectivity index (χ0n) is 11.4. The van der Waals surface area contributed by atoms with Crippen molar-refractivity contribution in [1.29, 1.82) is 0 Å². The summed E-state index contributed by atoms with van der Waals surface area (Å²) in [6.45, 7) is 2.23. The summed E-state index contributed by atoms with van der Waals surface area (Å²) in [5.41, 5.74) is 1.89. The number of unbranched alkanes of at least 4 members (excludes halogenated alkanes) is 2. The van der Waals surface area contributed by atoms with Crippen LogP contribution >= 0.6 is 0 Å². The molecule has 1 N–H and O–H groups in total. The number of carbonyl (C=O) groups is 3. The molecule has 0 saturated heterocycles. The van der Waals surface area contributed by atoms with Gasteiger partial charge in [0.25, 0.3) is 11.8 Å². The maximum atomic E-state index is 12.1. The first-order valence-electron chi connectivity index (χ1n) is 6.69. The molecule has 1 aromatic carbocycles. The van der Waals surface area contributed by atoms with Gasteiger partial charge in [0, 0.05) is 13.0 Å². The van der Waals surface area contributed by atoms with Crippen molar-refractivity contribution < 1.29 is 19.5 Å². The molecule has 1 aliphatic rings. The minimum atomic E-state index is -0.818. The molecule has 0 aliphatic carbocycles. The molecular formula is C15H17NO4. The van der Waals surface area contributed by atoms with Gasteiger partial charge in [-0.2, -0.15) is 0 Å². The van der Waals surface area contributed by atoms with Crippen LogP contribution in [-0.4, -0.2) is 34.3 Å². The highest BCUT2D eigenvalue weighted by Gasteiger charge is 2.34. The van der Waals surface area contributed by atoms with Crippen molar-refractivity contribution in [3.05, 3.63) is 34.9 Å². The van der Waals surface area contributed by atoms with E-state index in [9.17, 15) is 14.4 Å². The largest absolute Gasteiger partial charge is 0.481 e. The van der Waals surface area contributed by atoms with E-state index in [0.717, 1.165) is 5.56 Å². The number of aliphatic carboxylic acids is 1. The molecule has 1 aromatic rings. The molecule has 0 fully saturated rings. The lowest BCUT2D eigenvalue weighted by molar-refractivity contribution is -0.137. The maximum absolute atomic E-state index is 12.1. The van der Waals surface area contributed by atoms with Crippen molar-refractivity contribution in [2.75, 3.05) is 6.54 Å². The van der Waals surface area contributed by atoms with Crippen LogP contribution in [0.25, 0.3) is 0 Å². The fourth-order valence-corrected chi connectivity index (χ4v) is 2.33. The molecule has 0 saturated carbocycles. The van der Waals surface area contributed by atoms with Gasteiger partial charge < -0.3 is 5.11 Å². The first-order valence-corrected chi connectivity index (χ1v) is 6.69. The summed E-state index contributed by atoms with van der Waals surface area (Å²) < 4.78 is 0. The zero-order valence-corrected chi connectivity index (χ0v) is 11.4. The van der Waals surface area contributed by atoms with Crippen LogP contribution in [0.2, 0.25) is 0 Å². The molecule has 1 aliphatic heterocycles. The average molecular weight is 275 g/mol. The zero-order chi connectivity index (χ0) is 14.7. The third kappa shape index (κ3) is 2.87. The lowest BCUT2D eigenvalue weighted by atomic mass is 10.1. The Morgan fingerprint density at radius 3 is 2.50 bits per heavy atom. The highest BCUT2D eigenvalue weighted by atomic mass is 16.4. The van der Waals surface area contributed by atoms with Gasteiger partial charge in [-0.1, -0.05) is 18.1 Å². The Balaban J connectivity index is 1.93. The number of amides is 2. The third-order valence-corrected chi connectivity index (χ3v) is 3.40. The average Bonchev–Trinajstić information content (AvgIpc) is 2.62. The number of carbonyl (C=O) groups excluding carboxylic acids is 2. The van der Waals surface area contributed by atoms with Gasteiger partial charge in [-0.05, 0) is 31.9 Å². The summed E-state index contributed by atoms with van der Waals surface area (Å²) in [4.78, 5) is 35.9. The summed E-state index contributed by atoms with van der Waals surface area (Å²) in [5.74, 6) is -1.31. The number of hydrogen-bond acceptors (Lipinski definition) is 3. The van der Waals surface area contributed by atoms with Gasteiger partial charge in [0.2, 0.25) is 0 Å². The maximum Gasteiger partial charge on any atom is 0.303 e. The smallest absolute Gasteiger partial charge is 0.303 e. The van der Waals surface area contributed by atoms with Crippen molar-refractivity contribution in [2.45, 2.75) is 32.6 Å². The van der Waals surface area contributed by atoms with E-state index in [1.54, 1.807) is 12.1 Å². The number of aryl methyl sites for hydroxylation is 1. The van der Waals surface area contributed by atoms with Crippen LogP contribution in [0.3, 0.4) is 0 Å². The molecule has 0 radical (unpaired) electrons. The van der Waals surface area contributed by atoms with Gasteiger partial charge in [-0.25, -0.2) is 0 Å². The van der Waals surface area contributed by atoms with E-state index in [-0.39, 0.29) is 18.2 Å². The van der Waals surface area contributed by atoms with Crippen LogP contribution in [0.5, 0.6) is 0 Å². The fraction of sp³-hybridized carbons (Fsp3) is 0.400. The number of fused-ring (bicyclic) bond motifs is 1. The van der Waals surface area contributed by atoms with Crippen molar-refractivity contribution in [1.82, 2.24) is 4.90 Å². The standard InChI is InChI=1S/C15H17NO4/c1-10-6-7-11-12(9-10)15(20)16(14(11)19)8-4-2-3-5-13(17)18/h6-7,9H,2-5,8H2,1H3,(H,17,18). The lowest BCUT2D eigenvalue weighted by Crippen LogP contribution is -2.30. The second-order valence-electron chi connectivity index (χ2n) is 5.02. The van der Waals surface area contributed by atoms with E-state index in [1.807, 2.05) is 13.0 Å². The highest BCUT2D eigenvalue weighted by molar-refractivity contribution is 6.21. The highest BCUT2D eigenvalue weighted by Crippen LogP contribution is 2.24. The number of nitrogens with zero attached hydrogens (tertiary/aromatic N) is 1. The molecule has 2 amide bonds. The van der Waals surface area contributed by atoms with Crippen LogP contribution in [0.15, 0.2) is 18.2 Å². The quantitative estimate of drug-likeness (QED) is 0.638. The predicted octanol–water partition coefficient (Wildman–Crippen LogP) is 2.24. The minimum Gasteiger partial charge on any atom is -0.481 e. The number of carboxylic acids is 1. The molecule has 0 spiro atoms. The summed E-state index contributed by atoms with van der Waals surface area (Å²) in [6.07, 6.45) is 2.02. The summed E-state index contributed by atoms with van der Waals surface area (Å²) in [5, 5.41) is 8.53. The molecule has 5 nitrogen and oxygen atoms in total. The Morgan fingerprint density at radius 2 is 1.80 bits per heavy atom. The number of benzene rings is 1. The Kier molecular flexibility index (Phi) is 4.17. The van der Waals surface area contributed by atoms with E-state index >= 15 is 0 Å². The van der Waals surface area contributed by atoms with Crippen LogP contribution < -0.4 is 0 Å². The topological polar surface area (TPSA) is 74.7 Å². The monoisotopic (exact) mass is 275 g/mol. The first kappa shape index (κ1) is 14.2. The van der Waals surface area contributed by atoms with Gasteiger partial charge in [0.05, 0.1) is 11.1 Å². The second kappa shape index (κ2) is 5.86. The molecule has 0 aromatic heterocycles. The number of rotatable bonds is 6. The van der Waals surface area contributed by atoms with E-state index in [2.05, 4.69) is 0 Å². The third-order valence-electron chi connectivity index (χ3n) is 3.40. The van der Waals surface area contributed by atoms with Crippen LogP contribution in [-0.2, 0) is 4.79 Å². The Bertz CT molecular complexity index is 565. The van der Waals surface area contributed by atoms with Gasteiger partial charge in [0.15, 0.2) is 0 Å². The molecule has 2 rings (SSSR count). The van der Waals surface area contributed by atoms with E-state index < -0.39 is 5.97 Å². The van der Waals surface area contributed by atoms with E-state index in [0.29, 0.717) is 36.9 Å². The van der Waals surface area contributed by atoms with Crippen molar-refractivity contribution in [2.24, 2.45) is 0 Å². The molecule has 106 valence electrons. The van der Waals surface area contributed by atoms with Crippen LogP contribution in [0, 0.1) is 6.92 Å². The minimum absolute atomic E-state index is 0.126. The van der Waals surface area contributed by atoms with Gasteiger partial charge >= 0.3 is 5.97 Å². The number of hydrogen-bond donors (Lipinski definition) is 1. The van der Waals surface area contributed by atoms with Crippen molar-refractivity contribution in [3.8, 4) is 0 Å². The van der Waals surface area contributed by atoms with Crippen LogP contribution in [0.1, 0.15) is 52.0 Å². The normalized spacial score (nSPS) is 13.8. The molecule has 20 heavy (non-hydrogen) atoms. The Hall–Kier alpha value is -2.17. The Morgan fingerprint density at radius 1 is 1.10 bits per heavy atom. The van der Waals surface area contributed by atoms with Gasteiger partial charge in [0.1, 0.15) is 0 Å². The lowest BCUT2D eigenvalue weighted by Gasteiger charge is -2.13. The first-order chi connectivity index (χ1) is 9.50. The molecule has 5 heteroatoms. The summed E-state index contributed by atoms with van der Waals surface area (Å²) in [7, 11) is 0. The van der Waals surface area contributed by atoms with Crippen LogP contribution in [0.4, 0.5) is 0 Å². The van der Waals surface area contributed by atoms with E-state index in [4.69, 9.17) is 5.11 Å². The second-order valence-corrected chi connectivity index (χ2v) is 5.02. The molecule has 0 unspecified atom stereocenters. The predicted molar refractivity (Wildman–Crippen MR) is 72.6 cm³/mol. The number of imide groups is 1.